The first-order valence-electron chi connectivity index (χ1n) is 6.32. The number of nitrogens with one attached hydrogen (secondary N) is 3. The summed E-state index contributed by atoms with van der Waals surface area (Å²) >= 11 is 11.5. The molecule has 0 spiro atoms. The Kier molecular flexibility index (Phi) is 5.61. The highest BCUT2D eigenvalue weighted by molar-refractivity contribution is 6.33. The summed E-state index contributed by atoms with van der Waals surface area (Å²) in [5.74, 6) is -2.05. The van der Waals surface area contributed by atoms with Gasteiger partial charge in [0.2, 0.25) is 0 Å². The number of H-pyrrole nitrogens is 1. The van der Waals surface area contributed by atoms with E-state index in [9.17, 15) is 14.4 Å². The number of benzene rings is 1. The number of aromatic amines is 1. The van der Waals surface area contributed by atoms with Crippen LogP contribution in [0.4, 0.5) is 0 Å². The average Bonchev–Trinajstić information content (AvgIpc) is 2.97. The van der Waals surface area contributed by atoms with Crippen LogP contribution in [0.1, 0.15) is 20.8 Å². The second-order valence-corrected chi connectivity index (χ2v) is 5.13. The summed E-state index contributed by atoms with van der Waals surface area (Å²) in [6.07, 6.45) is 1.40. The van der Waals surface area contributed by atoms with Crippen molar-refractivity contribution in [2.24, 2.45) is 0 Å². The Labute approximate surface area is 140 Å². The largest absolute Gasteiger partial charge is 0.451 e. The van der Waals surface area contributed by atoms with Gasteiger partial charge in [-0.05, 0) is 18.2 Å². The van der Waals surface area contributed by atoms with Gasteiger partial charge in [-0.3, -0.25) is 20.4 Å². The van der Waals surface area contributed by atoms with E-state index in [1.807, 2.05) is 0 Å². The number of rotatable bonds is 4. The first-order valence-corrected chi connectivity index (χ1v) is 7.07. The van der Waals surface area contributed by atoms with Gasteiger partial charge in [0.25, 0.3) is 11.8 Å². The van der Waals surface area contributed by atoms with E-state index in [4.69, 9.17) is 27.9 Å². The molecule has 7 nitrogen and oxygen atoms in total. The zero-order valence-corrected chi connectivity index (χ0v) is 13.1. The van der Waals surface area contributed by atoms with Crippen molar-refractivity contribution >= 4 is 41.0 Å². The number of ether oxygens (including phenoxy) is 1. The molecule has 0 saturated heterocycles. The molecule has 3 N–H and O–H groups in total. The highest BCUT2D eigenvalue weighted by atomic mass is 35.5. The first kappa shape index (κ1) is 16.9. The monoisotopic (exact) mass is 355 g/mol. The summed E-state index contributed by atoms with van der Waals surface area (Å²) in [6.45, 7) is -0.571. The first-order chi connectivity index (χ1) is 11.0. The molecule has 9 heteroatoms. The summed E-state index contributed by atoms with van der Waals surface area (Å²) in [4.78, 5) is 37.5. The number of carbonyl (C=O) groups is 3. The van der Waals surface area contributed by atoms with E-state index in [0.717, 1.165) is 0 Å². The Morgan fingerprint density at radius 2 is 1.87 bits per heavy atom. The summed E-state index contributed by atoms with van der Waals surface area (Å²) in [6, 6.07) is 7.71. The fourth-order valence-corrected chi connectivity index (χ4v) is 1.96. The van der Waals surface area contributed by atoms with E-state index in [1.165, 1.54) is 18.3 Å². The SMILES string of the molecule is O=C(COC(=O)c1cc(Cl)c[nH]1)NNC(=O)c1ccccc1Cl. The van der Waals surface area contributed by atoms with Gasteiger partial charge < -0.3 is 9.72 Å². The second-order valence-electron chi connectivity index (χ2n) is 4.29. The van der Waals surface area contributed by atoms with Gasteiger partial charge in [-0.25, -0.2) is 4.79 Å². The van der Waals surface area contributed by atoms with Crippen molar-refractivity contribution in [2.75, 3.05) is 6.61 Å². The number of halogens is 2. The van der Waals surface area contributed by atoms with Gasteiger partial charge >= 0.3 is 5.97 Å². The predicted molar refractivity (Wildman–Crippen MR) is 83.1 cm³/mol. The maximum Gasteiger partial charge on any atom is 0.355 e. The van der Waals surface area contributed by atoms with Gasteiger partial charge in [0.15, 0.2) is 6.61 Å². The van der Waals surface area contributed by atoms with Crippen molar-refractivity contribution < 1.29 is 19.1 Å². The summed E-state index contributed by atoms with van der Waals surface area (Å²) in [5, 5.41) is 0.586. The van der Waals surface area contributed by atoms with Crippen molar-refractivity contribution in [2.45, 2.75) is 0 Å². The molecule has 2 rings (SSSR count). The molecule has 1 aromatic carbocycles. The molecule has 0 fully saturated rings. The van der Waals surface area contributed by atoms with Gasteiger partial charge in [-0.15, -0.1) is 0 Å². The number of hydrogen-bond donors (Lipinski definition) is 3. The molecule has 0 atom stereocenters. The quantitative estimate of drug-likeness (QED) is 0.576. The van der Waals surface area contributed by atoms with Gasteiger partial charge in [0, 0.05) is 6.20 Å². The lowest BCUT2D eigenvalue weighted by Gasteiger charge is -2.08. The lowest BCUT2D eigenvalue weighted by molar-refractivity contribution is -0.125. The Morgan fingerprint density at radius 1 is 1.13 bits per heavy atom. The molecule has 2 aromatic rings. The third kappa shape index (κ3) is 4.73. The van der Waals surface area contributed by atoms with Crippen LogP contribution in [0.25, 0.3) is 0 Å². The predicted octanol–water partition coefficient (Wildman–Crippen LogP) is 1.94. The Balaban J connectivity index is 1.78. The van der Waals surface area contributed by atoms with Crippen molar-refractivity contribution in [1.82, 2.24) is 15.8 Å². The summed E-state index contributed by atoms with van der Waals surface area (Å²) in [7, 11) is 0. The highest BCUT2D eigenvalue weighted by Crippen LogP contribution is 2.14. The number of esters is 1. The smallest absolute Gasteiger partial charge is 0.355 e. The molecule has 0 aliphatic carbocycles. The van der Waals surface area contributed by atoms with Crippen molar-refractivity contribution in [1.29, 1.82) is 0 Å². The maximum atomic E-state index is 11.8. The number of hydrazine groups is 1. The van der Waals surface area contributed by atoms with E-state index in [2.05, 4.69) is 15.8 Å². The minimum absolute atomic E-state index is 0.114. The minimum Gasteiger partial charge on any atom is -0.451 e. The van der Waals surface area contributed by atoms with E-state index in [1.54, 1.807) is 18.2 Å². The number of hydrogen-bond acceptors (Lipinski definition) is 4. The van der Waals surface area contributed by atoms with Crippen LogP contribution in [-0.2, 0) is 9.53 Å². The molecule has 0 radical (unpaired) electrons. The van der Waals surface area contributed by atoms with Crippen LogP contribution in [0.15, 0.2) is 36.5 Å². The van der Waals surface area contributed by atoms with E-state index < -0.39 is 24.4 Å². The van der Waals surface area contributed by atoms with Gasteiger partial charge in [-0.2, -0.15) is 0 Å². The van der Waals surface area contributed by atoms with E-state index in [0.29, 0.717) is 5.02 Å². The topological polar surface area (TPSA) is 100 Å². The van der Waals surface area contributed by atoms with Crippen molar-refractivity contribution in [3.8, 4) is 0 Å². The molecule has 0 aliphatic heterocycles. The summed E-state index contributed by atoms with van der Waals surface area (Å²) < 4.78 is 4.75. The Hall–Kier alpha value is -2.51. The van der Waals surface area contributed by atoms with Crippen molar-refractivity contribution in [3.05, 3.63) is 57.8 Å². The highest BCUT2D eigenvalue weighted by Gasteiger charge is 2.13. The van der Waals surface area contributed by atoms with Gasteiger partial charge in [0.05, 0.1) is 15.6 Å². The lowest BCUT2D eigenvalue weighted by Crippen LogP contribution is -2.43. The molecule has 23 heavy (non-hydrogen) atoms. The molecule has 120 valence electrons. The standard InChI is InChI=1S/C14H11Cl2N3O4/c15-8-5-11(17-6-8)14(22)23-7-12(20)18-19-13(21)9-3-1-2-4-10(9)16/h1-6,17H,7H2,(H,18,20)(H,19,21). The third-order valence-electron chi connectivity index (χ3n) is 2.64. The normalized spacial score (nSPS) is 10.0. The van der Waals surface area contributed by atoms with Gasteiger partial charge in [-0.1, -0.05) is 35.3 Å². The fourth-order valence-electron chi connectivity index (χ4n) is 1.57. The zero-order chi connectivity index (χ0) is 16.8. The molecule has 1 heterocycles. The molecule has 2 amide bonds. The van der Waals surface area contributed by atoms with Crippen LogP contribution in [0.3, 0.4) is 0 Å². The van der Waals surface area contributed by atoms with E-state index >= 15 is 0 Å². The molecule has 1 aromatic heterocycles. The van der Waals surface area contributed by atoms with Crippen LogP contribution < -0.4 is 10.9 Å². The average molecular weight is 356 g/mol. The second kappa shape index (κ2) is 7.66. The minimum atomic E-state index is -0.746. The molecule has 0 aliphatic rings. The van der Waals surface area contributed by atoms with Crippen LogP contribution >= 0.6 is 23.2 Å². The van der Waals surface area contributed by atoms with Crippen LogP contribution in [0.2, 0.25) is 10.0 Å². The Bertz CT molecular complexity index is 745. The molecule has 0 saturated carbocycles. The number of amides is 2. The molecular formula is C14H11Cl2N3O4. The van der Waals surface area contributed by atoms with Crippen LogP contribution in [-0.4, -0.2) is 29.4 Å². The Morgan fingerprint density at radius 3 is 2.52 bits per heavy atom. The zero-order valence-electron chi connectivity index (χ0n) is 11.6. The molecule has 0 bridgehead atoms. The third-order valence-corrected chi connectivity index (χ3v) is 3.18. The molecular weight excluding hydrogens is 345 g/mol. The maximum absolute atomic E-state index is 11.8. The van der Waals surface area contributed by atoms with Crippen molar-refractivity contribution in [3.63, 3.8) is 0 Å². The van der Waals surface area contributed by atoms with Gasteiger partial charge in [0.1, 0.15) is 5.69 Å². The molecule has 0 unspecified atom stereocenters. The van der Waals surface area contributed by atoms with Crippen LogP contribution in [0, 0.1) is 0 Å². The summed E-state index contributed by atoms with van der Waals surface area (Å²) in [5.41, 5.74) is 4.59. The number of aromatic nitrogens is 1. The van der Waals surface area contributed by atoms with E-state index in [-0.39, 0.29) is 16.3 Å². The van der Waals surface area contributed by atoms with Crippen LogP contribution in [0.5, 0.6) is 0 Å². The fraction of sp³-hybridized carbons (Fsp3) is 0.0714. The lowest BCUT2D eigenvalue weighted by atomic mass is 10.2. The number of carbonyl (C=O) groups excluding carboxylic acids is 3.